The van der Waals surface area contributed by atoms with E-state index in [-0.39, 0.29) is 0 Å². The smallest absolute Gasteiger partial charge is 0.126 e. The van der Waals surface area contributed by atoms with Crippen molar-refractivity contribution >= 4 is 5.82 Å². The molecule has 0 unspecified atom stereocenters. The highest BCUT2D eigenvalue weighted by Crippen LogP contribution is 2.27. The molecule has 2 rings (SSSR count). The molecule has 1 aromatic heterocycles. The zero-order chi connectivity index (χ0) is 10.5. The van der Waals surface area contributed by atoms with Crippen molar-refractivity contribution in [2.75, 3.05) is 11.9 Å². The van der Waals surface area contributed by atoms with Gasteiger partial charge in [-0.15, -0.1) is 0 Å². The molecule has 1 saturated carbocycles. The normalized spacial score (nSPS) is 16.9. The molecule has 1 aromatic rings. The SMILES string of the molecule is Cc1cccc(NCCC2CCCC2)n1. The third-order valence-corrected chi connectivity index (χ3v) is 3.22. The van der Waals surface area contributed by atoms with E-state index < -0.39 is 0 Å². The van der Waals surface area contributed by atoms with Gasteiger partial charge >= 0.3 is 0 Å². The zero-order valence-corrected chi connectivity index (χ0v) is 9.50. The van der Waals surface area contributed by atoms with Crippen LogP contribution >= 0.6 is 0 Å². The number of aromatic nitrogens is 1. The second-order valence-electron chi connectivity index (χ2n) is 4.53. The van der Waals surface area contributed by atoms with E-state index in [2.05, 4.69) is 16.4 Å². The van der Waals surface area contributed by atoms with Crippen LogP contribution in [0.15, 0.2) is 18.2 Å². The molecule has 0 saturated heterocycles. The lowest BCUT2D eigenvalue weighted by molar-refractivity contribution is 0.518. The molecule has 1 N–H and O–H groups in total. The van der Waals surface area contributed by atoms with Crippen LogP contribution in [0.4, 0.5) is 5.82 Å². The third kappa shape index (κ3) is 3.22. The number of anilines is 1. The van der Waals surface area contributed by atoms with Crippen molar-refractivity contribution < 1.29 is 0 Å². The van der Waals surface area contributed by atoms with E-state index in [1.54, 1.807) is 0 Å². The first-order valence-corrected chi connectivity index (χ1v) is 6.02. The number of hydrogen-bond donors (Lipinski definition) is 1. The third-order valence-electron chi connectivity index (χ3n) is 3.22. The minimum absolute atomic E-state index is 0.960. The summed E-state index contributed by atoms with van der Waals surface area (Å²) in [6, 6.07) is 6.13. The molecule has 0 amide bonds. The van der Waals surface area contributed by atoms with Gasteiger partial charge in [0.25, 0.3) is 0 Å². The van der Waals surface area contributed by atoms with Gasteiger partial charge in [0.2, 0.25) is 0 Å². The Morgan fingerprint density at radius 3 is 2.87 bits per heavy atom. The molecule has 0 aromatic carbocycles. The average Bonchev–Trinajstić information content (AvgIpc) is 2.71. The van der Waals surface area contributed by atoms with Gasteiger partial charge in [-0.2, -0.15) is 0 Å². The number of nitrogens with one attached hydrogen (secondary N) is 1. The Balaban J connectivity index is 1.73. The van der Waals surface area contributed by atoms with Crippen LogP contribution in [0.1, 0.15) is 37.8 Å². The van der Waals surface area contributed by atoms with Crippen molar-refractivity contribution in [3.8, 4) is 0 Å². The summed E-state index contributed by atoms with van der Waals surface area (Å²) in [5.74, 6) is 1.98. The molecule has 0 spiro atoms. The predicted molar refractivity (Wildman–Crippen MR) is 64.0 cm³/mol. The van der Waals surface area contributed by atoms with Crippen molar-refractivity contribution in [3.63, 3.8) is 0 Å². The lowest BCUT2D eigenvalue weighted by atomic mass is 10.0. The van der Waals surface area contributed by atoms with E-state index >= 15 is 0 Å². The van der Waals surface area contributed by atoms with Crippen LogP contribution in [-0.4, -0.2) is 11.5 Å². The topological polar surface area (TPSA) is 24.9 Å². The first-order valence-electron chi connectivity index (χ1n) is 6.02. The van der Waals surface area contributed by atoms with Gasteiger partial charge in [-0.05, 0) is 31.4 Å². The summed E-state index contributed by atoms with van der Waals surface area (Å²) >= 11 is 0. The molecule has 1 aliphatic carbocycles. The van der Waals surface area contributed by atoms with Crippen molar-refractivity contribution in [2.24, 2.45) is 5.92 Å². The second-order valence-corrected chi connectivity index (χ2v) is 4.53. The monoisotopic (exact) mass is 204 g/mol. The highest BCUT2D eigenvalue weighted by atomic mass is 15.0. The second kappa shape index (κ2) is 5.15. The van der Waals surface area contributed by atoms with E-state index in [1.165, 1.54) is 32.1 Å². The van der Waals surface area contributed by atoms with Gasteiger partial charge in [-0.25, -0.2) is 4.98 Å². The Hall–Kier alpha value is -1.05. The lowest BCUT2D eigenvalue weighted by Gasteiger charge is -2.10. The maximum atomic E-state index is 4.43. The Morgan fingerprint density at radius 2 is 2.13 bits per heavy atom. The van der Waals surface area contributed by atoms with Crippen LogP contribution in [0.5, 0.6) is 0 Å². The number of hydrogen-bond acceptors (Lipinski definition) is 2. The van der Waals surface area contributed by atoms with E-state index in [9.17, 15) is 0 Å². The van der Waals surface area contributed by atoms with Crippen LogP contribution in [0, 0.1) is 12.8 Å². The van der Waals surface area contributed by atoms with Crippen LogP contribution in [0.25, 0.3) is 0 Å². The number of nitrogens with zero attached hydrogens (tertiary/aromatic N) is 1. The molecule has 82 valence electrons. The van der Waals surface area contributed by atoms with Gasteiger partial charge in [0.05, 0.1) is 0 Å². The molecule has 0 radical (unpaired) electrons. The Labute approximate surface area is 92.1 Å². The van der Waals surface area contributed by atoms with E-state index in [0.717, 1.165) is 24.0 Å². The summed E-state index contributed by atoms with van der Waals surface area (Å²) in [4.78, 5) is 4.43. The molecule has 0 aliphatic heterocycles. The molecule has 2 heteroatoms. The van der Waals surface area contributed by atoms with Gasteiger partial charge in [-0.1, -0.05) is 31.7 Å². The summed E-state index contributed by atoms with van der Waals surface area (Å²) in [5, 5.41) is 3.40. The van der Waals surface area contributed by atoms with Crippen LogP contribution in [-0.2, 0) is 0 Å². The summed E-state index contributed by atoms with van der Waals surface area (Å²) in [6.45, 7) is 3.10. The van der Waals surface area contributed by atoms with Crippen molar-refractivity contribution in [1.29, 1.82) is 0 Å². The molecule has 1 fully saturated rings. The number of aryl methyl sites for hydroxylation is 1. The van der Waals surface area contributed by atoms with Gasteiger partial charge in [0, 0.05) is 12.2 Å². The molecule has 0 atom stereocenters. The number of rotatable bonds is 4. The van der Waals surface area contributed by atoms with Gasteiger partial charge in [0.1, 0.15) is 5.82 Å². The van der Waals surface area contributed by atoms with E-state index in [4.69, 9.17) is 0 Å². The standard InChI is InChI=1S/C13H20N2/c1-11-5-4-8-13(15-11)14-10-9-12-6-2-3-7-12/h4-5,8,12H,2-3,6-7,9-10H2,1H3,(H,14,15). The summed E-state index contributed by atoms with van der Waals surface area (Å²) in [7, 11) is 0. The fraction of sp³-hybridized carbons (Fsp3) is 0.615. The Kier molecular flexibility index (Phi) is 3.59. The number of pyridine rings is 1. The van der Waals surface area contributed by atoms with Gasteiger partial charge in [-0.3, -0.25) is 0 Å². The fourth-order valence-electron chi connectivity index (χ4n) is 2.34. The summed E-state index contributed by atoms with van der Waals surface area (Å²) in [5.41, 5.74) is 1.08. The highest BCUT2D eigenvalue weighted by molar-refractivity contribution is 5.34. The van der Waals surface area contributed by atoms with E-state index in [1.807, 2.05) is 19.1 Å². The quantitative estimate of drug-likeness (QED) is 0.813. The van der Waals surface area contributed by atoms with Crippen molar-refractivity contribution in [3.05, 3.63) is 23.9 Å². The fourth-order valence-corrected chi connectivity index (χ4v) is 2.34. The van der Waals surface area contributed by atoms with Gasteiger partial charge < -0.3 is 5.32 Å². The van der Waals surface area contributed by atoms with Crippen LogP contribution in [0.3, 0.4) is 0 Å². The predicted octanol–water partition coefficient (Wildman–Crippen LogP) is 3.38. The summed E-state index contributed by atoms with van der Waals surface area (Å²) < 4.78 is 0. The van der Waals surface area contributed by atoms with E-state index in [0.29, 0.717) is 0 Å². The molecular formula is C13H20N2. The van der Waals surface area contributed by atoms with Crippen molar-refractivity contribution in [2.45, 2.75) is 39.0 Å². The van der Waals surface area contributed by atoms with Gasteiger partial charge in [0.15, 0.2) is 0 Å². The minimum atomic E-state index is 0.960. The first-order chi connectivity index (χ1) is 7.34. The lowest BCUT2D eigenvalue weighted by Crippen LogP contribution is -2.07. The zero-order valence-electron chi connectivity index (χ0n) is 9.50. The van der Waals surface area contributed by atoms with Crippen molar-refractivity contribution in [1.82, 2.24) is 4.98 Å². The molecular weight excluding hydrogens is 184 g/mol. The first kappa shape index (κ1) is 10.5. The molecule has 1 heterocycles. The average molecular weight is 204 g/mol. The summed E-state index contributed by atoms with van der Waals surface area (Å²) in [6.07, 6.45) is 7.04. The minimum Gasteiger partial charge on any atom is -0.370 e. The highest BCUT2D eigenvalue weighted by Gasteiger charge is 2.13. The maximum absolute atomic E-state index is 4.43. The molecule has 1 aliphatic rings. The Bertz CT molecular complexity index is 303. The molecule has 15 heavy (non-hydrogen) atoms. The Morgan fingerprint density at radius 1 is 1.33 bits per heavy atom. The van der Waals surface area contributed by atoms with Crippen LogP contribution in [0.2, 0.25) is 0 Å². The molecule has 0 bridgehead atoms. The molecule has 2 nitrogen and oxygen atoms in total. The largest absolute Gasteiger partial charge is 0.370 e. The van der Waals surface area contributed by atoms with Crippen LogP contribution < -0.4 is 5.32 Å². The maximum Gasteiger partial charge on any atom is 0.126 e.